The number of nitrogens with one attached hydrogen (secondary N) is 1. The largest absolute Gasteiger partial charge is 0.363 e. The standard InChI is InChI=1S/C31H32F3N9O/c1-19-22-4-2-5-24(26(22)32)31(33,34)7-6-20-13-41(14-20)10-3-11-42-15-21(39-40-42)16-43-28-23(27(38-19)36-18-37-28)12-25(29(43)44)30(17-35)8-9-30/h2,4-5,12,15,18-20H,3,6-11,13-14,16H2,1H3,(H,36,37,38)/t19-/m1/s1. The third-order valence-corrected chi connectivity index (χ3v) is 9.27. The van der Waals surface area contributed by atoms with Crippen LogP contribution in [0.4, 0.5) is 19.0 Å². The van der Waals surface area contributed by atoms with Gasteiger partial charge in [-0.15, -0.1) is 5.10 Å². The zero-order chi connectivity index (χ0) is 30.6. The Hall–Kier alpha value is -4.31. The molecule has 0 unspecified atom stereocenters. The third kappa shape index (κ3) is 5.00. The number of halogens is 3. The Bertz CT molecular complexity index is 1840. The highest BCUT2D eigenvalue weighted by Gasteiger charge is 2.47. The topological polar surface area (TPSA) is 118 Å². The maximum absolute atomic E-state index is 15.8. The molecule has 8 rings (SSSR count). The summed E-state index contributed by atoms with van der Waals surface area (Å²) < 4.78 is 49.8. The number of rotatable bonds is 1. The number of hydrogen-bond acceptors (Lipinski definition) is 8. The van der Waals surface area contributed by atoms with Crippen molar-refractivity contribution in [1.29, 1.82) is 5.26 Å². The van der Waals surface area contributed by atoms with E-state index in [0.29, 0.717) is 53.9 Å². The maximum Gasteiger partial charge on any atom is 0.276 e. The lowest BCUT2D eigenvalue weighted by atomic mass is 9.90. The number of nitrogens with zero attached hydrogens (tertiary/aromatic N) is 8. The van der Waals surface area contributed by atoms with Crippen LogP contribution in [0, 0.1) is 23.1 Å². The summed E-state index contributed by atoms with van der Waals surface area (Å²) in [5.41, 5.74) is -0.572. The van der Waals surface area contributed by atoms with Gasteiger partial charge in [-0.25, -0.2) is 23.1 Å². The van der Waals surface area contributed by atoms with Crippen molar-refractivity contribution in [2.75, 3.05) is 25.0 Å². The Morgan fingerprint density at radius 3 is 2.70 bits per heavy atom. The van der Waals surface area contributed by atoms with Crippen molar-refractivity contribution in [3.63, 3.8) is 0 Å². The smallest absolute Gasteiger partial charge is 0.276 e. The van der Waals surface area contributed by atoms with Crippen LogP contribution < -0.4 is 10.9 Å². The summed E-state index contributed by atoms with van der Waals surface area (Å²) in [5.74, 6) is -3.82. The van der Waals surface area contributed by atoms with Gasteiger partial charge in [0.25, 0.3) is 11.5 Å². The van der Waals surface area contributed by atoms with Crippen LogP contribution in [0.1, 0.15) is 67.5 Å². The van der Waals surface area contributed by atoms with Crippen molar-refractivity contribution < 1.29 is 13.2 Å². The molecule has 1 aromatic carbocycles. The zero-order valence-corrected chi connectivity index (χ0v) is 24.3. The molecule has 13 heteroatoms. The van der Waals surface area contributed by atoms with Gasteiger partial charge in [0.15, 0.2) is 0 Å². The maximum atomic E-state index is 15.8. The molecule has 6 heterocycles. The first kappa shape index (κ1) is 28.5. The van der Waals surface area contributed by atoms with Crippen LogP contribution in [-0.2, 0) is 24.4 Å². The van der Waals surface area contributed by atoms with E-state index in [2.05, 4.69) is 36.6 Å². The van der Waals surface area contributed by atoms with E-state index in [-0.39, 0.29) is 23.6 Å². The van der Waals surface area contributed by atoms with Gasteiger partial charge in [-0.1, -0.05) is 23.4 Å². The predicted octanol–water partition coefficient (Wildman–Crippen LogP) is 4.51. The third-order valence-electron chi connectivity index (χ3n) is 9.27. The molecule has 1 saturated carbocycles. The Morgan fingerprint density at radius 1 is 1.11 bits per heavy atom. The second-order valence-electron chi connectivity index (χ2n) is 12.4. The molecule has 1 aliphatic carbocycles. The second kappa shape index (κ2) is 10.7. The fourth-order valence-corrected chi connectivity index (χ4v) is 6.50. The first-order valence-electron chi connectivity index (χ1n) is 15.0. The van der Waals surface area contributed by atoms with E-state index in [9.17, 15) is 10.1 Å². The van der Waals surface area contributed by atoms with Crippen LogP contribution in [0.2, 0.25) is 0 Å². The first-order valence-corrected chi connectivity index (χ1v) is 15.0. The molecular weight excluding hydrogens is 571 g/mol. The molecule has 4 aromatic rings. The molecule has 0 radical (unpaired) electrons. The molecule has 1 saturated heterocycles. The van der Waals surface area contributed by atoms with Crippen LogP contribution >= 0.6 is 0 Å². The number of pyridine rings is 1. The normalized spacial score (nSPS) is 24.3. The van der Waals surface area contributed by atoms with E-state index in [1.165, 1.54) is 23.0 Å². The minimum Gasteiger partial charge on any atom is -0.363 e. The van der Waals surface area contributed by atoms with Crippen molar-refractivity contribution >= 4 is 16.9 Å². The van der Waals surface area contributed by atoms with Crippen molar-refractivity contribution in [3.8, 4) is 6.07 Å². The molecule has 3 aromatic heterocycles. The van der Waals surface area contributed by atoms with Gasteiger partial charge in [0, 0.05) is 37.2 Å². The van der Waals surface area contributed by atoms with Crippen molar-refractivity contribution in [3.05, 3.63) is 75.3 Å². The molecule has 2 fully saturated rings. The Kier molecular flexibility index (Phi) is 6.92. The molecule has 0 spiro atoms. The molecular formula is C31H32F3N9O. The quantitative estimate of drug-likeness (QED) is 0.338. The monoisotopic (exact) mass is 603 g/mol. The molecule has 0 amide bonds. The molecule has 10 nitrogen and oxygen atoms in total. The molecule has 1 N–H and O–H groups in total. The van der Waals surface area contributed by atoms with Crippen LogP contribution in [0.3, 0.4) is 0 Å². The molecule has 3 aliphatic heterocycles. The molecule has 1 atom stereocenters. The first-order chi connectivity index (χ1) is 21.2. The summed E-state index contributed by atoms with van der Waals surface area (Å²) in [5, 5.41) is 22.1. The number of hydrogen-bond donors (Lipinski definition) is 1. The average molecular weight is 604 g/mol. The fourth-order valence-electron chi connectivity index (χ4n) is 6.50. The number of aryl methyl sites for hydroxylation is 1. The van der Waals surface area contributed by atoms with Gasteiger partial charge in [0.2, 0.25) is 0 Å². The number of nitriles is 1. The number of benzene rings is 1. The lowest BCUT2D eigenvalue weighted by Crippen LogP contribution is -2.47. The lowest BCUT2D eigenvalue weighted by molar-refractivity contribution is -0.0321. The van der Waals surface area contributed by atoms with Crippen molar-refractivity contribution in [2.45, 2.75) is 69.5 Å². The lowest BCUT2D eigenvalue weighted by Gasteiger charge is -2.40. The van der Waals surface area contributed by atoms with Gasteiger partial charge in [-0.05, 0) is 51.1 Å². The second-order valence-corrected chi connectivity index (χ2v) is 12.4. The number of aromatic nitrogens is 6. The Balaban J connectivity index is 1.33. The van der Waals surface area contributed by atoms with E-state index in [1.54, 1.807) is 23.9 Å². The highest BCUT2D eigenvalue weighted by molar-refractivity contribution is 5.87. The molecule has 44 heavy (non-hydrogen) atoms. The fraction of sp³-hybridized carbons (Fsp3) is 0.484. The summed E-state index contributed by atoms with van der Waals surface area (Å²) in [6, 6.07) is 7.28. The summed E-state index contributed by atoms with van der Waals surface area (Å²) in [6.45, 7) is 4.63. The van der Waals surface area contributed by atoms with E-state index in [4.69, 9.17) is 0 Å². The number of alkyl halides is 2. The summed E-state index contributed by atoms with van der Waals surface area (Å²) in [6.07, 6.45) is 4.89. The van der Waals surface area contributed by atoms with Crippen LogP contribution in [0.25, 0.3) is 11.0 Å². The predicted molar refractivity (Wildman–Crippen MR) is 156 cm³/mol. The van der Waals surface area contributed by atoms with Crippen molar-refractivity contribution in [2.24, 2.45) is 5.92 Å². The average Bonchev–Trinajstić information content (AvgIpc) is 3.65. The van der Waals surface area contributed by atoms with Gasteiger partial charge in [0.05, 0.1) is 41.2 Å². The van der Waals surface area contributed by atoms with Gasteiger partial charge in [-0.2, -0.15) is 5.26 Å². The van der Waals surface area contributed by atoms with Gasteiger partial charge in [-0.3, -0.25) is 14.0 Å². The van der Waals surface area contributed by atoms with E-state index in [0.717, 1.165) is 32.1 Å². The van der Waals surface area contributed by atoms with Crippen LogP contribution in [0.15, 0.2) is 41.6 Å². The number of anilines is 1. The molecule has 228 valence electrons. The molecule has 4 aliphatic rings. The van der Waals surface area contributed by atoms with Gasteiger partial charge < -0.3 is 10.2 Å². The van der Waals surface area contributed by atoms with E-state index < -0.39 is 35.2 Å². The minimum atomic E-state index is -3.31. The highest BCUT2D eigenvalue weighted by atomic mass is 19.3. The minimum absolute atomic E-state index is 0.0757. The van der Waals surface area contributed by atoms with Gasteiger partial charge >= 0.3 is 0 Å². The van der Waals surface area contributed by atoms with E-state index in [1.807, 2.05) is 0 Å². The Labute approximate surface area is 251 Å². The van der Waals surface area contributed by atoms with Crippen molar-refractivity contribution in [1.82, 2.24) is 34.4 Å². The van der Waals surface area contributed by atoms with Gasteiger partial charge in [0.1, 0.15) is 29.3 Å². The van der Waals surface area contributed by atoms with Crippen LogP contribution in [-0.4, -0.2) is 54.1 Å². The zero-order valence-electron chi connectivity index (χ0n) is 24.3. The summed E-state index contributed by atoms with van der Waals surface area (Å²) >= 11 is 0. The number of fused-ring (bicyclic) bond motifs is 5. The van der Waals surface area contributed by atoms with E-state index >= 15 is 13.2 Å². The molecule has 10 bridgehead atoms. The SMILES string of the molecule is C[C@H]1Nc2ncnc3c2cc(C2(C#N)CC2)c(=O)n3Cc2cn(nn2)CCCN2CC(CCC(F)(F)c3cccc1c3F)C2. The highest BCUT2D eigenvalue weighted by Crippen LogP contribution is 2.47. The Morgan fingerprint density at radius 2 is 1.93 bits per heavy atom. The van der Waals surface area contributed by atoms with Crippen LogP contribution in [0.5, 0.6) is 0 Å². The summed E-state index contributed by atoms with van der Waals surface area (Å²) in [4.78, 5) is 24.9. The summed E-state index contributed by atoms with van der Waals surface area (Å²) in [7, 11) is 0.